The zero-order valence-electron chi connectivity index (χ0n) is 21.3. The van der Waals surface area contributed by atoms with Gasteiger partial charge in [0.05, 0.1) is 27.3 Å². The van der Waals surface area contributed by atoms with E-state index in [-0.39, 0.29) is 29.6 Å². The second kappa shape index (κ2) is 10.5. The summed E-state index contributed by atoms with van der Waals surface area (Å²) in [6.07, 6.45) is 11.2. The molecule has 2 fully saturated rings. The molecule has 5 rings (SSSR count). The van der Waals surface area contributed by atoms with Crippen LogP contribution in [0.2, 0.25) is 5.02 Å². The summed E-state index contributed by atoms with van der Waals surface area (Å²) < 4.78 is -0.823. The number of carbonyl (C=O) groups is 3. The van der Waals surface area contributed by atoms with Gasteiger partial charge in [0.15, 0.2) is 0 Å². The summed E-state index contributed by atoms with van der Waals surface area (Å²) in [6.45, 7) is 3.40. The van der Waals surface area contributed by atoms with Crippen LogP contribution in [0.4, 0.5) is 5.69 Å². The fraction of sp³-hybridized carbons (Fsp3) is 0.536. The fourth-order valence-electron chi connectivity index (χ4n) is 6.42. The van der Waals surface area contributed by atoms with Gasteiger partial charge in [0.25, 0.3) is 5.91 Å². The first kappa shape index (κ1) is 26.3. The maximum absolute atomic E-state index is 14.5. The van der Waals surface area contributed by atoms with Crippen LogP contribution in [0.5, 0.6) is 0 Å². The largest absolute Gasteiger partial charge is 0.396 e. The van der Waals surface area contributed by atoms with Crippen LogP contribution in [-0.2, 0) is 14.4 Å². The van der Waals surface area contributed by atoms with E-state index in [0.717, 1.165) is 31.2 Å². The second-order valence-electron chi connectivity index (χ2n) is 10.4. The minimum absolute atomic E-state index is 0.0369. The number of carbonyl (C=O) groups excluding carboxylic acids is 3. The van der Waals surface area contributed by atoms with Crippen LogP contribution in [0.3, 0.4) is 0 Å². The maximum Gasteiger partial charge on any atom is 0.251 e. The number of likely N-dealkylation sites (N-methyl/N-ethyl adjacent to an activating group) is 1. The van der Waals surface area contributed by atoms with Crippen molar-refractivity contribution in [3.63, 3.8) is 0 Å². The van der Waals surface area contributed by atoms with E-state index in [1.165, 1.54) is 0 Å². The number of likely N-dealkylation sites (tertiary alicyclic amines) is 1. The van der Waals surface area contributed by atoms with Gasteiger partial charge in [-0.05, 0) is 31.4 Å². The molecule has 7 nitrogen and oxygen atoms in total. The lowest BCUT2D eigenvalue weighted by Gasteiger charge is -2.35. The Hall–Kier alpha value is -2.29. The number of rotatable bonds is 7. The average molecular weight is 544 g/mol. The second-order valence-corrected chi connectivity index (χ2v) is 12.3. The molecule has 5 atom stereocenters. The summed E-state index contributed by atoms with van der Waals surface area (Å²) in [5, 5.41) is 9.47. The molecule has 2 saturated heterocycles. The number of halogens is 1. The Bertz CT molecular complexity index is 1140. The van der Waals surface area contributed by atoms with Crippen LogP contribution in [-0.4, -0.2) is 82.0 Å². The molecule has 37 heavy (non-hydrogen) atoms. The quantitative estimate of drug-likeness (QED) is 0.421. The monoisotopic (exact) mass is 543 g/mol. The van der Waals surface area contributed by atoms with Gasteiger partial charge in [0, 0.05) is 38.5 Å². The van der Waals surface area contributed by atoms with Gasteiger partial charge >= 0.3 is 0 Å². The van der Waals surface area contributed by atoms with Crippen molar-refractivity contribution in [1.29, 1.82) is 0 Å². The number of unbranched alkanes of at least 4 members (excludes halogenated alkanes) is 3. The standard InChI is InChI=1S/C28H34ClN3O4S/c1-18-10-7-11-19(29)23(18)31-16-9-13-28-22(21-20(37-28)12-8-14-30(2)25(21)34)26(35)32(24(28)27(31)36)15-5-3-4-6-17-33/h7-13,20-22,24,33H,3-6,14-17H2,1-2H3/t20-,21+,22-,24?,28-/m0/s1. The number of anilines is 1. The lowest BCUT2D eigenvalue weighted by Crippen LogP contribution is -2.53. The molecular formula is C28H34ClN3O4S. The van der Waals surface area contributed by atoms with E-state index in [9.17, 15) is 14.4 Å². The minimum Gasteiger partial charge on any atom is -0.396 e. The first-order valence-corrected chi connectivity index (χ1v) is 14.3. The molecule has 0 bridgehead atoms. The minimum atomic E-state index is -0.823. The molecular weight excluding hydrogens is 510 g/mol. The normalized spacial score (nSPS) is 30.9. The van der Waals surface area contributed by atoms with Gasteiger partial charge in [-0.15, -0.1) is 11.8 Å². The molecule has 1 aromatic rings. The highest BCUT2D eigenvalue weighted by Gasteiger charge is 2.70. The fourth-order valence-corrected chi connectivity index (χ4v) is 8.75. The molecule has 4 aliphatic heterocycles. The van der Waals surface area contributed by atoms with Gasteiger partial charge in [-0.3, -0.25) is 14.4 Å². The van der Waals surface area contributed by atoms with Crippen LogP contribution in [0.15, 0.2) is 42.5 Å². The first-order chi connectivity index (χ1) is 17.8. The van der Waals surface area contributed by atoms with E-state index in [1.54, 1.807) is 39.6 Å². The summed E-state index contributed by atoms with van der Waals surface area (Å²) >= 11 is 8.20. The Morgan fingerprint density at radius 2 is 1.84 bits per heavy atom. The summed E-state index contributed by atoms with van der Waals surface area (Å²) in [5.41, 5.74) is 1.56. The smallest absolute Gasteiger partial charge is 0.251 e. The molecule has 0 saturated carbocycles. The van der Waals surface area contributed by atoms with Crippen molar-refractivity contribution in [1.82, 2.24) is 9.80 Å². The van der Waals surface area contributed by atoms with Crippen molar-refractivity contribution in [2.24, 2.45) is 11.8 Å². The molecule has 198 valence electrons. The zero-order valence-corrected chi connectivity index (χ0v) is 22.9. The topological polar surface area (TPSA) is 81.2 Å². The third-order valence-corrected chi connectivity index (χ3v) is 10.2. The number of benzene rings is 1. The van der Waals surface area contributed by atoms with Crippen LogP contribution in [0, 0.1) is 18.8 Å². The number of aryl methyl sites for hydroxylation is 1. The van der Waals surface area contributed by atoms with Crippen molar-refractivity contribution >= 4 is 46.8 Å². The molecule has 1 aromatic carbocycles. The van der Waals surface area contributed by atoms with Crippen LogP contribution < -0.4 is 4.90 Å². The van der Waals surface area contributed by atoms with Gasteiger partial charge in [-0.1, -0.05) is 60.9 Å². The number of nitrogens with zero attached hydrogens (tertiary/aromatic N) is 3. The van der Waals surface area contributed by atoms with Crippen molar-refractivity contribution in [3.8, 4) is 0 Å². The predicted octanol–water partition coefficient (Wildman–Crippen LogP) is 3.43. The first-order valence-electron chi connectivity index (χ1n) is 13.1. The number of hydrogen-bond donors (Lipinski definition) is 1. The van der Waals surface area contributed by atoms with E-state index in [4.69, 9.17) is 16.7 Å². The van der Waals surface area contributed by atoms with Crippen molar-refractivity contribution in [2.45, 2.75) is 48.6 Å². The van der Waals surface area contributed by atoms with Gasteiger partial charge in [0.2, 0.25) is 11.8 Å². The van der Waals surface area contributed by atoms with E-state index in [1.807, 2.05) is 43.4 Å². The van der Waals surface area contributed by atoms with Gasteiger partial charge in [-0.25, -0.2) is 0 Å². The Balaban J connectivity index is 1.57. The third-order valence-electron chi connectivity index (χ3n) is 8.13. The predicted molar refractivity (Wildman–Crippen MR) is 147 cm³/mol. The number of aliphatic hydroxyl groups excluding tert-OH is 1. The van der Waals surface area contributed by atoms with E-state index in [2.05, 4.69) is 0 Å². The molecule has 0 aromatic heterocycles. The van der Waals surface area contributed by atoms with Gasteiger partial charge in [0.1, 0.15) is 6.04 Å². The van der Waals surface area contributed by atoms with Crippen LogP contribution in [0.1, 0.15) is 31.2 Å². The summed E-state index contributed by atoms with van der Waals surface area (Å²) in [7, 11) is 1.77. The number of aliphatic hydroxyl groups is 1. The van der Waals surface area contributed by atoms with E-state index in [0.29, 0.717) is 30.3 Å². The molecule has 4 heterocycles. The number of thioether (sulfide) groups is 1. The number of amides is 3. The molecule has 9 heteroatoms. The molecule has 1 N–H and O–H groups in total. The third kappa shape index (κ3) is 4.31. The van der Waals surface area contributed by atoms with Crippen molar-refractivity contribution in [2.75, 3.05) is 38.2 Å². The summed E-state index contributed by atoms with van der Waals surface area (Å²) in [6, 6.07) is 4.86. The van der Waals surface area contributed by atoms with Crippen molar-refractivity contribution in [3.05, 3.63) is 53.1 Å². The Labute approximate surface area is 227 Å². The van der Waals surface area contributed by atoms with Crippen LogP contribution in [0.25, 0.3) is 0 Å². The van der Waals surface area contributed by atoms with Gasteiger partial charge < -0.3 is 19.8 Å². The maximum atomic E-state index is 14.5. The SMILES string of the molecule is Cc1cccc(Cl)c1N1CC=C[C@]23S[C@H]4C=CCN(C)C(=O)[C@H]4[C@H]2C(=O)N(CCCCCCO)C3C1=O. The van der Waals surface area contributed by atoms with E-state index >= 15 is 0 Å². The number of para-hydroxylation sites is 1. The van der Waals surface area contributed by atoms with Gasteiger partial charge in [-0.2, -0.15) is 0 Å². The number of fused-ring (bicyclic) bond motifs is 2. The molecule has 0 aliphatic carbocycles. The van der Waals surface area contributed by atoms with E-state index < -0.39 is 22.6 Å². The summed E-state index contributed by atoms with van der Waals surface area (Å²) in [4.78, 5) is 47.3. The Kier molecular flexibility index (Phi) is 7.44. The van der Waals surface area contributed by atoms with Crippen molar-refractivity contribution < 1.29 is 19.5 Å². The number of hydrogen-bond acceptors (Lipinski definition) is 5. The lowest BCUT2D eigenvalue weighted by atomic mass is 9.78. The highest BCUT2D eigenvalue weighted by atomic mass is 35.5. The molecule has 1 spiro atoms. The Morgan fingerprint density at radius 1 is 1.05 bits per heavy atom. The summed E-state index contributed by atoms with van der Waals surface area (Å²) in [5.74, 6) is -1.41. The molecule has 4 aliphatic rings. The lowest BCUT2D eigenvalue weighted by molar-refractivity contribution is -0.142. The molecule has 0 radical (unpaired) electrons. The zero-order chi connectivity index (χ0) is 26.3. The highest BCUT2D eigenvalue weighted by Crippen LogP contribution is 2.61. The Morgan fingerprint density at radius 3 is 2.59 bits per heavy atom. The van der Waals surface area contributed by atoms with Crippen LogP contribution >= 0.6 is 23.4 Å². The highest BCUT2D eigenvalue weighted by molar-refractivity contribution is 8.02. The molecule has 3 amide bonds. The molecule has 1 unspecified atom stereocenters. The average Bonchev–Trinajstić information content (AvgIpc) is 3.19.